The Hall–Kier alpha value is -2.91. The van der Waals surface area contributed by atoms with Crippen molar-refractivity contribution in [2.75, 3.05) is 14.2 Å². The number of methoxy groups -OCH3 is 1. The van der Waals surface area contributed by atoms with E-state index in [9.17, 15) is 9.59 Å². The number of rotatable bonds is 4. The number of hydrogen-bond donors (Lipinski definition) is 4. The molecule has 1 aromatic carbocycles. The van der Waals surface area contributed by atoms with Crippen LogP contribution in [0, 0.1) is 5.92 Å². The molecular weight excluding hydrogens is 348 g/mol. The molecule has 27 heavy (non-hydrogen) atoms. The number of benzene rings is 1. The third-order valence-corrected chi connectivity index (χ3v) is 5.26. The first-order valence-electron chi connectivity index (χ1n) is 8.82. The fourth-order valence-electron chi connectivity index (χ4n) is 4.02. The SMILES string of the molecule is CNC(=O)C1NNC2NC(=O)CC(c3cc(OC)ccc3-n3cccn3)C21. The van der Waals surface area contributed by atoms with E-state index in [0.29, 0.717) is 5.75 Å². The average Bonchev–Trinajstić information content (AvgIpc) is 3.36. The molecule has 9 nitrogen and oxygen atoms in total. The second-order valence-corrected chi connectivity index (χ2v) is 6.69. The summed E-state index contributed by atoms with van der Waals surface area (Å²) in [6, 6.07) is 7.09. The van der Waals surface area contributed by atoms with Crippen LogP contribution in [0.2, 0.25) is 0 Å². The summed E-state index contributed by atoms with van der Waals surface area (Å²) in [5.74, 6) is 0.146. The summed E-state index contributed by atoms with van der Waals surface area (Å²) in [5, 5.41) is 9.95. The first-order valence-corrected chi connectivity index (χ1v) is 8.82. The zero-order valence-electron chi connectivity index (χ0n) is 15.1. The topological polar surface area (TPSA) is 109 Å². The summed E-state index contributed by atoms with van der Waals surface area (Å²) in [4.78, 5) is 24.8. The van der Waals surface area contributed by atoms with E-state index in [-0.39, 0.29) is 36.2 Å². The highest BCUT2D eigenvalue weighted by atomic mass is 16.5. The minimum absolute atomic E-state index is 0.0673. The van der Waals surface area contributed by atoms with Crippen molar-refractivity contribution in [3.05, 3.63) is 42.2 Å². The van der Waals surface area contributed by atoms with E-state index in [4.69, 9.17) is 4.74 Å². The maximum absolute atomic E-state index is 12.4. The fourth-order valence-corrected chi connectivity index (χ4v) is 4.02. The van der Waals surface area contributed by atoms with E-state index in [0.717, 1.165) is 11.3 Å². The molecule has 3 heterocycles. The number of nitrogens with one attached hydrogen (secondary N) is 4. The molecule has 2 aliphatic heterocycles. The third-order valence-electron chi connectivity index (χ3n) is 5.26. The average molecular weight is 370 g/mol. The number of carbonyl (C=O) groups is 2. The Kier molecular flexibility index (Phi) is 4.54. The van der Waals surface area contributed by atoms with Gasteiger partial charge in [0.2, 0.25) is 11.8 Å². The van der Waals surface area contributed by atoms with Crippen molar-refractivity contribution in [2.24, 2.45) is 5.92 Å². The number of piperidine rings is 1. The predicted molar refractivity (Wildman–Crippen MR) is 97.0 cm³/mol. The van der Waals surface area contributed by atoms with E-state index in [1.807, 2.05) is 30.5 Å². The number of nitrogens with zero attached hydrogens (tertiary/aromatic N) is 2. The number of hydrazine groups is 1. The zero-order chi connectivity index (χ0) is 19.0. The summed E-state index contributed by atoms with van der Waals surface area (Å²) in [7, 11) is 3.21. The summed E-state index contributed by atoms with van der Waals surface area (Å²) < 4.78 is 7.18. The molecule has 4 N–H and O–H groups in total. The number of carbonyl (C=O) groups excluding carboxylic acids is 2. The van der Waals surface area contributed by atoms with E-state index < -0.39 is 6.04 Å². The van der Waals surface area contributed by atoms with Gasteiger partial charge in [0.15, 0.2) is 0 Å². The van der Waals surface area contributed by atoms with Crippen molar-refractivity contribution < 1.29 is 14.3 Å². The Morgan fingerprint density at radius 1 is 1.37 bits per heavy atom. The van der Waals surface area contributed by atoms with Crippen LogP contribution in [-0.2, 0) is 9.59 Å². The van der Waals surface area contributed by atoms with E-state index in [1.54, 1.807) is 25.0 Å². The van der Waals surface area contributed by atoms with Crippen molar-refractivity contribution in [1.82, 2.24) is 31.3 Å². The van der Waals surface area contributed by atoms with Gasteiger partial charge in [-0.3, -0.25) is 9.59 Å². The van der Waals surface area contributed by atoms with Gasteiger partial charge in [-0.25, -0.2) is 15.5 Å². The number of aromatic nitrogens is 2. The molecule has 4 unspecified atom stereocenters. The van der Waals surface area contributed by atoms with Crippen LogP contribution in [0.1, 0.15) is 17.9 Å². The van der Waals surface area contributed by atoms with Crippen LogP contribution in [0.4, 0.5) is 0 Å². The molecule has 0 aliphatic carbocycles. The molecule has 0 spiro atoms. The van der Waals surface area contributed by atoms with Crippen LogP contribution in [-0.4, -0.2) is 48.0 Å². The highest BCUT2D eigenvalue weighted by Crippen LogP contribution is 2.40. The molecule has 2 fully saturated rings. The number of amides is 2. The molecule has 9 heteroatoms. The van der Waals surface area contributed by atoms with Gasteiger partial charge in [0.05, 0.1) is 19.0 Å². The van der Waals surface area contributed by atoms with Crippen LogP contribution in [0.3, 0.4) is 0 Å². The molecular formula is C18H22N6O3. The lowest BCUT2D eigenvalue weighted by atomic mass is 9.75. The van der Waals surface area contributed by atoms with Gasteiger partial charge in [0, 0.05) is 37.7 Å². The lowest BCUT2D eigenvalue weighted by Gasteiger charge is -2.36. The molecule has 2 aliphatic rings. The Morgan fingerprint density at radius 3 is 2.93 bits per heavy atom. The maximum Gasteiger partial charge on any atom is 0.238 e. The Labute approximate surface area is 156 Å². The second-order valence-electron chi connectivity index (χ2n) is 6.69. The van der Waals surface area contributed by atoms with Gasteiger partial charge in [0.25, 0.3) is 0 Å². The molecule has 2 saturated heterocycles. The monoisotopic (exact) mass is 370 g/mol. The van der Waals surface area contributed by atoms with Crippen LogP contribution >= 0.6 is 0 Å². The van der Waals surface area contributed by atoms with Gasteiger partial charge in [0.1, 0.15) is 11.8 Å². The summed E-state index contributed by atoms with van der Waals surface area (Å²) in [6.07, 6.45) is 3.50. The van der Waals surface area contributed by atoms with E-state index in [2.05, 4.69) is 26.6 Å². The normalized spacial score (nSPS) is 27.0. The van der Waals surface area contributed by atoms with Crippen LogP contribution in [0.15, 0.2) is 36.7 Å². The Morgan fingerprint density at radius 2 is 2.22 bits per heavy atom. The van der Waals surface area contributed by atoms with E-state index in [1.165, 1.54) is 0 Å². The Bertz CT molecular complexity index is 853. The minimum atomic E-state index is -0.470. The minimum Gasteiger partial charge on any atom is -0.497 e. The largest absolute Gasteiger partial charge is 0.497 e. The highest BCUT2D eigenvalue weighted by molar-refractivity contribution is 5.84. The summed E-state index contributed by atoms with van der Waals surface area (Å²) in [6.45, 7) is 0. The van der Waals surface area contributed by atoms with Gasteiger partial charge >= 0.3 is 0 Å². The predicted octanol–water partition coefficient (Wildman–Crippen LogP) is -0.351. The molecule has 0 saturated carbocycles. The number of ether oxygens (including phenoxy) is 1. The van der Waals surface area contributed by atoms with Crippen LogP contribution < -0.4 is 26.2 Å². The number of hydrogen-bond acceptors (Lipinski definition) is 6. The smallest absolute Gasteiger partial charge is 0.238 e. The molecule has 0 radical (unpaired) electrons. The van der Waals surface area contributed by atoms with Crippen molar-refractivity contribution in [3.8, 4) is 11.4 Å². The van der Waals surface area contributed by atoms with Crippen molar-refractivity contribution in [1.29, 1.82) is 0 Å². The van der Waals surface area contributed by atoms with Gasteiger partial charge in [-0.2, -0.15) is 5.10 Å². The van der Waals surface area contributed by atoms with Gasteiger partial charge in [-0.1, -0.05) is 0 Å². The van der Waals surface area contributed by atoms with Crippen LogP contribution in [0.5, 0.6) is 5.75 Å². The molecule has 1 aromatic heterocycles. The lowest BCUT2D eigenvalue weighted by molar-refractivity contribution is -0.128. The molecule has 4 rings (SSSR count). The summed E-state index contributed by atoms with van der Waals surface area (Å²) >= 11 is 0. The first-order chi connectivity index (χ1) is 13.1. The lowest BCUT2D eigenvalue weighted by Crippen LogP contribution is -2.53. The molecule has 4 atom stereocenters. The second kappa shape index (κ2) is 7.01. The Balaban J connectivity index is 1.82. The van der Waals surface area contributed by atoms with Gasteiger partial charge in [-0.15, -0.1) is 0 Å². The van der Waals surface area contributed by atoms with Gasteiger partial charge in [-0.05, 0) is 29.8 Å². The van der Waals surface area contributed by atoms with Crippen molar-refractivity contribution in [3.63, 3.8) is 0 Å². The molecule has 2 aromatic rings. The van der Waals surface area contributed by atoms with Crippen molar-refractivity contribution >= 4 is 11.8 Å². The quantitative estimate of drug-likeness (QED) is 0.586. The van der Waals surface area contributed by atoms with Gasteiger partial charge < -0.3 is 15.4 Å². The first kappa shape index (κ1) is 17.5. The zero-order valence-corrected chi connectivity index (χ0v) is 15.1. The highest BCUT2D eigenvalue weighted by Gasteiger charge is 2.49. The fraction of sp³-hybridized carbons (Fsp3) is 0.389. The number of likely N-dealkylation sites (N-methyl/N-ethyl adjacent to an activating group) is 1. The molecule has 142 valence electrons. The molecule has 0 bridgehead atoms. The standard InChI is InChI=1S/C18H22N6O3/c1-19-18(26)16-15-12(9-14(25)21-17(15)23-22-16)11-8-10(27-2)4-5-13(11)24-7-3-6-20-24/h3-8,12,15-17,22-23H,9H2,1-2H3,(H,19,26)(H,21,25). The number of fused-ring (bicyclic) bond motifs is 1. The summed E-state index contributed by atoms with van der Waals surface area (Å²) in [5.41, 5.74) is 7.84. The third kappa shape index (κ3) is 3.04. The van der Waals surface area contributed by atoms with Crippen molar-refractivity contribution in [2.45, 2.75) is 24.5 Å². The van der Waals surface area contributed by atoms with E-state index >= 15 is 0 Å². The maximum atomic E-state index is 12.4. The molecule has 2 amide bonds. The van der Waals surface area contributed by atoms with Crippen LogP contribution in [0.25, 0.3) is 5.69 Å².